The van der Waals surface area contributed by atoms with Gasteiger partial charge in [0.2, 0.25) is 5.91 Å². The van der Waals surface area contributed by atoms with E-state index in [9.17, 15) is 4.79 Å². The molecule has 1 saturated heterocycles. The summed E-state index contributed by atoms with van der Waals surface area (Å²) in [6.07, 6.45) is 7.40. The number of carbonyl (C=O) groups excluding carboxylic acids is 1. The van der Waals surface area contributed by atoms with Crippen molar-refractivity contribution < 1.29 is 4.79 Å². The third-order valence-corrected chi connectivity index (χ3v) is 5.71. The second-order valence-electron chi connectivity index (χ2n) is 7.64. The molecule has 23 heavy (non-hydrogen) atoms. The Labute approximate surface area is 153 Å². The van der Waals surface area contributed by atoms with Crippen molar-refractivity contribution in [1.29, 1.82) is 0 Å². The highest BCUT2D eigenvalue weighted by Crippen LogP contribution is 2.34. The Morgan fingerprint density at radius 1 is 1.09 bits per heavy atom. The quantitative estimate of drug-likeness (QED) is 0.785. The van der Waals surface area contributed by atoms with E-state index in [1.54, 1.807) is 0 Å². The highest BCUT2D eigenvalue weighted by molar-refractivity contribution is 5.85. The van der Waals surface area contributed by atoms with Crippen LogP contribution in [-0.2, 0) is 4.79 Å². The van der Waals surface area contributed by atoms with E-state index in [-0.39, 0.29) is 30.7 Å². The fourth-order valence-corrected chi connectivity index (χ4v) is 4.32. The Morgan fingerprint density at radius 3 is 2.43 bits per heavy atom. The van der Waals surface area contributed by atoms with Gasteiger partial charge in [-0.2, -0.15) is 0 Å². The summed E-state index contributed by atoms with van der Waals surface area (Å²) in [5.41, 5.74) is 5.83. The van der Waals surface area contributed by atoms with Crippen LogP contribution >= 0.6 is 24.8 Å². The van der Waals surface area contributed by atoms with Crippen LogP contribution in [0.4, 0.5) is 0 Å². The summed E-state index contributed by atoms with van der Waals surface area (Å²) in [4.78, 5) is 17.3. The van der Waals surface area contributed by atoms with E-state index in [2.05, 4.69) is 16.8 Å². The van der Waals surface area contributed by atoms with E-state index >= 15 is 0 Å². The van der Waals surface area contributed by atoms with E-state index in [1.807, 2.05) is 0 Å². The smallest absolute Gasteiger partial charge is 0.226 e. The van der Waals surface area contributed by atoms with E-state index in [0.717, 1.165) is 38.4 Å². The molecule has 0 aromatic carbocycles. The molecule has 0 aromatic rings. The van der Waals surface area contributed by atoms with Crippen molar-refractivity contribution in [2.75, 3.05) is 39.8 Å². The van der Waals surface area contributed by atoms with Crippen LogP contribution in [0.1, 0.15) is 38.5 Å². The van der Waals surface area contributed by atoms with Crippen LogP contribution in [0.25, 0.3) is 0 Å². The maximum atomic E-state index is 12.7. The molecule has 3 fully saturated rings. The summed E-state index contributed by atoms with van der Waals surface area (Å²) < 4.78 is 0. The van der Waals surface area contributed by atoms with Crippen LogP contribution in [-0.4, -0.2) is 55.5 Å². The molecule has 1 heterocycles. The average molecular weight is 366 g/mol. The molecule has 3 rings (SSSR count). The molecule has 3 atom stereocenters. The zero-order valence-electron chi connectivity index (χ0n) is 14.3. The first-order valence-corrected chi connectivity index (χ1v) is 8.84. The first kappa shape index (κ1) is 21.0. The Hall–Kier alpha value is -0.0300. The Bertz CT molecular complexity index is 379. The van der Waals surface area contributed by atoms with Crippen molar-refractivity contribution in [3.63, 3.8) is 0 Å². The molecule has 3 aliphatic rings. The van der Waals surface area contributed by atoms with Crippen LogP contribution in [0.2, 0.25) is 0 Å². The van der Waals surface area contributed by atoms with Gasteiger partial charge in [-0.25, -0.2) is 0 Å². The zero-order chi connectivity index (χ0) is 14.8. The Kier molecular flexibility index (Phi) is 8.64. The maximum Gasteiger partial charge on any atom is 0.226 e. The van der Waals surface area contributed by atoms with E-state index in [0.29, 0.717) is 24.3 Å². The molecular weight excluding hydrogens is 333 g/mol. The van der Waals surface area contributed by atoms with Gasteiger partial charge in [0.05, 0.1) is 0 Å². The van der Waals surface area contributed by atoms with Crippen molar-refractivity contribution in [3.8, 4) is 0 Å². The summed E-state index contributed by atoms with van der Waals surface area (Å²) in [5, 5.41) is 0. The molecule has 0 radical (unpaired) electrons. The molecule has 1 unspecified atom stereocenters. The Morgan fingerprint density at radius 2 is 1.78 bits per heavy atom. The van der Waals surface area contributed by atoms with Crippen molar-refractivity contribution >= 4 is 30.7 Å². The third kappa shape index (κ3) is 5.48. The second kappa shape index (κ2) is 9.45. The predicted octanol–water partition coefficient (Wildman–Crippen LogP) is 2.40. The summed E-state index contributed by atoms with van der Waals surface area (Å²) in [6, 6.07) is 0. The monoisotopic (exact) mass is 365 g/mol. The van der Waals surface area contributed by atoms with E-state index in [4.69, 9.17) is 5.73 Å². The normalized spacial score (nSPS) is 30.2. The molecule has 2 saturated carbocycles. The first-order chi connectivity index (χ1) is 10.2. The lowest BCUT2D eigenvalue weighted by atomic mass is 9.95. The van der Waals surface area contributed by atoms with Gasteiger partial charge >= 0.3 is 0 Å². The van der Waals surface area contributed by atoms with Crippen LogP contribution in [0.5, 0.6) is 0 Å². The van der Waals surface area contributed by atoms with E-state index in [1.165, 1.54) is 32.2 Å². The van der Waals surface area contributed by atoms with Gasteiger partial charge in [0.1, 0.15) is 0 Å². The fraction of sp³-hybridized carbons (Fsp3) is 0.941. The van der Waals surface area contributed by atoms with Gasteiger partial charge in [0.15, 0.2) is 0 Å². The lowest BCUT2D eigenvalue weighted by Crippen LogP contribution is -2.38. The van der Waals surface area contributed by atoms with E-state index < -0.39 is 0 Å². The van der Waals surface area contributed by atoms with Gasteiger partial charge in [-0.3, -0.25) is 4.79 Å². The topological polar surface area (TPSA) is 49.6 Å². The molecular formula is C17H33Cl2N3O. The minimum Gasteiger partial charge on any atom is -0.342 e. The highest BCUT2D eigenvalue weighted by atomic mass is 35.5. The van der Waals surface area contributed by atoms with Crippen LogP contribution in [0, 0.1) is 23.7 Å². The van der Waals surface area contributed by atoms with Crippen LogP contribution in [0.15, 0.2) is 0 Å². The molecule has 4 nitrogen and oxygen atoms in total. The lowest BCUT2D eigenvalue weighted by molar-refractivity contribution is -0.135. The molecule has 136 valence electrons. The maximum absolute atomic E-state index is 12.7. The molecule has 0 spiro atoms. The van der Waals surface area contributed by atoms with Crippen molar-refractivity contribution in [1.82, 2.24) is 9.80 Å². The SMILES string of the molecule is CN(CC1CC1)CC1CCN(C(=O)[C@@H]2CCC[C@@H]2CN)C1.Cl.Cl. The molecule has 2 N–H and O–H groups in total. The number of carbonyl (C=O) groups is 1. The number of hydrogen-bond acceptors (Lipinski definition) is 3. The second-order valence-corrected chi connectivity index (χ2v) is 7.64. The molecule has 2 aliphatic carbocycles. The van der Waals surface area contributed by atoms with Gasteiger partial charge in [-0.1, -0.05) is 6.42 Å². The largest absolute Gasteiger partial charge is 0.342 e. The van der Waals surface area contributed by atoms with Gasteiger partial charge in [0.25, 0.3) is 0 Å². The van der Waals surface area contributed by atoms with Crippen LogP contribution < -0.4 is 5.73 Å². The van der Waals surface area contributed by atoms with Crippen molar-refractivity contribution in [2.45, 2.75) is 38.5 Å². The van der Waals surface area contributed by atoms with Gasteiger partial charge in [-0.05, 0) is 63.5 Å². The summed E-state index contributed by atoms with van der Waals surface area (Å²) in [6.45, 7) is 5.03. The van der Waals surface area contributed by atoms with Gasteiger partial charge < -0.3 is 15.5 Å². The van der Waals surface area contributed by atoms with Crippen LogP contribution in [0.3, 0.4) is 0 Å². The molecule has 6 heteroatoms. The minimum atomic E-state index is 0. The number of halogens is 2. The average Bonchev–Trinajstić information content (AvgIpc) is 2.99. The summed E-state index contributed by atoms with van der Waals surface area (Å²) in [5.74, 6) is 2.69. The third-order valence-electron chi connectivity index (χ3n) is 5.71. The van der Waals surface area contributed by atoms with Crippen molar-refractivity contribution in [2.24, 2.45) is 29.4 Å². The molecule has 1 amide bonds. The lowest BCUT2D eigenvalue weighted by Gasteiger charge is -2.25. The Balaban J connectivity index is 0.00000132. The van der Waals surface area contributed by atoms with Gasteiger partial charge in [0, 0.05) is 32.1 Å². The zero-order valence-corrected chi connectivity index (χ0v) is 15.9. The number of amides is 1. The number of rotatable bonds is 6. The summed E-state index contributed by atoms with van der Waals surface area (Å²) in [7, 11) is 2.24. The molecule has 0 aromatic heterocycles. The summed E-state index contributed by atoms with van der Waals surface area (Å²) >= 11 is 0. The standard InChI is InChI=1S/C17H31N3O.2ClH/c1-19(10-13-5-6-13)11-14-7-8-20(12-14)17(21)16-4-2-3-15(16)9-18;;/h13-16H,2-12,18H2,1H3;2*1H/t14?,15-,16-;;/m1../s1. The van der Waals surface area contributed by atoms with Crippen molar-refractivity contribution in [3.05, 3.63) is 0 Å². The number of hydrogen-bond donors (Lipinski definition) is 1. The molecule has 1 aliphatic heterocycles. The first-order valence-electron chi connectivity index (χ1n) is 8.84. The minimum absolute atomic E-state index is 0. The molecule has 0 bridgehead atoms. The van der Waals surface area contributed by atoms with Gasteiger partial charge in [-0.15, -0.1) is 24.8 Å². The highest BCUT2D eigenvalue weighted by Gasteiger charge is 2.37. The fourth-order valence-electron chi connectivity index (χ4n) is 4.32. The predicted molar refractivity (Wildman–Crippen MR) is 99.3 cm³/mol. The number of likely N-dealkylation sites (tertiary alicyclic amines) is 1. The number of nitrogens with two attached hydrogens (primary N) is 1. The number of nitrogens with zero attached hydrogens (tertiary/aromatic N) is 2.